The second-order valence-electron chi connectivity index (χ2n) is 4.02. The number of aromatic nitrogens is 2. The molecule has 5 heteroatoms. The molecule has 2 rings (SSSR count). The van der Waals surface area contributed by atoms with Crippen LogP contribution in [0.15, 0.2) is 30.3 Å². The van der Waals surface area contributed by atoms with Gasteiger partial charge in [-0.1, -0.05) is 18.2 Å². The first-order valence-electron chi connectivity index (χ1n) is 6.15. The number of anilines is 1. The van der Waals surface area contributed by atoms with Gasteiger partial charge in [0.2, 0.25) is 0 Å². The third-order valence-electron chi connectivity index (χ3n) is 2.52. The predicted molar refractivity (Wildman–Crippen MR) is 71.7 cm³/mol. The van der Waals surface area contributed by atoms with Gasteiger partial charge in [0.15, 0.2) is 17.5 Å². The number of nitrogens with one attached hydrogen (secondary N) is 1. The third-order valence-corrected chi connectivity index (χ3v) is 2.52. The SMILES string of the molecule is CCNc1nc(COc2ccccc2)nc(C)c1F. The van der Waals surface area contributed by atoms with Gasteiger partial charge < -0.3 is 10.1 Å². The Morgan fingerprint density at radius 3 is 2.63 bits per heavy atom. The van der Waals surface area contributed by atoms with Crippen LogP contribution in [0.4, 0.5) is 10.2 Å². The smallest absolute Gasteiger partial charge is 0.186 e. The van der Waals surface area contributed by atoms with E-state index >= 15 is 0 Å². The highest BCUT2D eigenvalue weighted by Gasteiger charge is 2.11. The van der Waals surface area contributed by atoms with E-state index in [4.69, 9.17) is 4.74 Å². The van der Waals surface area contributed by atoms with E-state index < -0.39 is 5.82 Å². The lowest BCUT2D eigenvalue weighted by molar-refractivity contribution is 0.295. The molecule has 100 valence electrons. The Morgan fingerprint density at radius 2 is 1.95 bits per heavy atom. The van der Waals surface area contributed by atoms with E-state index in [1.54, 1.807) is 6.92 Å². The van der Waals surface area contributed by atoms with Crippen molar-refractivity contribution in [2.45, 2.75) is 20.5 Å². The van der Waals surface area contributed by atoms with Gasteiger partial charge in [0.1, 0.15) is 12.4 Å². The maximum atomic E-state index is 13.7. The van der Waals surface area contributed by atoms with E-state index in [0.29, 0.717) is 18.1 Å². The van der Waals surface area contributed by atoms with Crippen LogP contribution in [0.3, 0.4) is 0 Å². The van der Waals surface area contributed by atoms with Crippen molar-refractivity contribution in [1.82, 2.24) is 9.97 Å². The topological polar surface area (TPSA) is 47.0 Å². The zero-order valence-electron chi connectivity index (χ0n) is 11.0. The molecule has 1 N–H and O–H groups in total. The second kappa shape index (κ2) is 6.13. The summed E-state index contributed by atoms with van der Waals surface area (Å²) in [6, 6.07) is 9.38. The van der Waals surface area contributed by atoms with E-state index in [2.05, 4.69) is 15.3 Å². The molecule has 4 nitrogen and oxygen atoms in total. The number of halogens is 1. The largest absolute Gasteiger partial charge is 0.486 e. The number of hydrogen-bond acceptors (Lipinski definition) is 4. The van der Waals surface area contributed by atoms with Gasteiger partial charge in [-0.3, -0.25) is 0 Å². The molecule has 19 heavy (non-hydrogen) atoms. The molecule has 0 atom stereocenters. The molecule has 0 aliphatic heterocycles. The van der Waals surface area contributed by atoms with E-state index in [9.17, 15) is 4.39 Å². The normalized spacial score (nSPS) is 10.3. The summed E-state index contributed by atoms with van der Waals surface area (Å²) in [4.78, 5) is 8.20. The van der Waals surface area contributed by atoms with Gasteiger partial charge in [-0.2, -0.15) is 0 Å². The standard InChI is InChI=1S/C14H16FN3O/c1-3-16-14-13(15)10(2)17-12(18-14)9-19-11-7-5-4-6-8-11/h4-8H,3,9H2,1-2H3,(H,16,17,18). The first kappa shape index (κ1) is 13.3. The first-order valence-corrected chi connectivity index (χ1v) is 6.15. The Morgan fingerprint density at radius 1 is 1.21 bits per heavy atom. The zero-order valence-corrected chi connectivity index (χ0v) is 11.0. The average molecular weight is 261 g/mol. The van der Waals surface area contributed by atoms with E-state index in [-0.39, 0.29) is 12.4 Å². The monoisotopic (exact) mass is 261 g/mol. The van der Waals surface area contributed by atoms with Crippen molar-refractivity contribution < 1.29 is 9.13 Å². The third kappa shape index (κ3) is 3.40. The molecule has 0 amide bonds. The fourth-order valence-corrected chi connectivity index (χ4v) is 1.63. The zero-order chi connectivity index (χ0) is 13.7. The van der Waals surface area contributed by atoms with Gasteiger partial charge in [-0.05, 0) is 26.0 Å². The van der Waals surface area contributed by atoms with Crippen LogP contribution in [-0.2, 0) is 6.61 Å². The highest BCUT2D eigenvalue weighted by atomic mass is 19.1. The minimum absolute atomic E-state index is 0.212. The fraction of sp³-hybridized carbons (Fsp3) is 0.286. The molecule has 0 spiro atoms. The summed E-state index contributed by atoms with van der Waals surface area (Å²) in [6.07, 6.45) is 0. The Kier molecular flexibility index (Phi) is 4.28. The molecule has 2 aromatic rings. The molecule has 0 saturated heterocycles. The number of ether oxygens (including phenoxy) is 1. The van der Waals surface area contributed by atoms with Crippen molar-refractivity contribution in [3.8, 4) is 5.75 Å². The summed E-state index contributed by atoms with van der Waals surface area (Å²) < 4.78 is 19.2. The van der Waals surface area contributed by atoms with Crippen molar-refractivity contribution in [1.29, 1.82) is 0 Å². The Hall–Kier alpha value is -2.17. The van der Waals surface area contributed by atoms with Crippen LogP contribution < -0.4 is 10.1 Å². The lowest BCUT2D eigenvalue weighted by Crippen LogP contribution is -2.10. The predicted octanol–water partition coefficient (Wildman–Crippen LogP) is 2.93. The summed E-state index contributed by atoms with van der Waals surface area (Å²) in [5, 5.41) is 2.87. The van der Waals surface area contributed by atoms with Gasteiger partial charge in [0.05, 0.1) is 5.69 Å². The molecule has 0 unspecified atom stereocenters. The molecule has 0 bridgehead atoms. The van der Waals surface area contributed by atoms with Crippen LogP contribution in [-0.4, -0.2) is 16.5 Å². The highest BCUT2D eigenvalue weighted by molar-refractivity contribution is 5.37. The molecular formula is C14H16FN3O. The quantitative estimate of drug-likeness (QED) is 0.899. The Labute approximate surface area is 111 Å². The summed E-state index contributed by atoms with van der Waals surface area (Å²) in [5.41, 5.74) is 0.317. The summed E-state index contributed by atoms with van der Waals surface area (Å²) in [5.74, 6) is 1.00. The molecule has 0 aliphatic rings. The van der Waals surface area contributed by atoms with E-state index in [1.807, 2.05) is 37.3 Å². The van der Waals surface area contributed by atoms with Crippen molar-refractivity contribution in [2.24, 2.45) is 0 Å². The molecule has 1 aromatic heterocycles. The average Bonchev–Trinajstić information content (AvgIpc) is 2.43. The van der Waals surface area contributed by atoms with Crippen LogP contribution >= 0.6 is 0 Å². The van der Waals surface area contributed by atoms with Crippen LogP contribution in [0.25, 0.3) is 0 Å². The maximum Gasteiger partial charge on any atom is 0.186 e. The minimum Gasteiger partial charge on any atom is -0.486 e. The minimum atomic E-state index is -0.412. The van der Waals surface area contributed by atoms with Gasteiger partial charge >= 0.3 is 0 Å². The van der Waals surface area contributed by atoms with Crippen LogP contribution in [0.1, 0.15) is 18.4 Å². The lowest BCUT2D eigenvalue weighted by atomic mass is 10.3. The Bertz CT molecular complexity index is 546. The summed E-state index contributed by atoms with van der Waals surface area (Å²) >= 11 is 0. The molecule has 0 radical (unpaired) electrons. The van der Waals surface area contributed by atoms with Crippen molar-refractivity contribution in [3.63, 3.8) is 0 Å². The van der Waals surface area contributed by atoms with E-state index in [1.165, 1.54) is 0 Å². The molecule has 1 aromatic carbocycles. The van der Waals surface area contributed by atoms with Crippen LogP contribution in [0.5, 0.6) is 5.75 Å². The molecular weight excluding hydrogens is 245 g/mol. The van der Waals surface area contributed by atoms with Crippen LogP contribution in [0, 0.1) is 12.7 Å². The van der Waals surface area contributed by atoms with Gasteiger partial charge in [0.25, 0.3) is 0 Å². The van der Waals surface area contributed by atoms with Crippen molar-refractivity contribution in [3.05, 3.63) is 47.7 Å². The number of benzene rings is 1. The first-order chi connectivity index (χ1) is 9.20. The van der Waals surface area contributed by atoms with Gasteiger partial charge in [0, 0.05) is 6.54 Å². The summed E-state index contributed by atoms with van der Waals surface area (Å²) in [7, 11) is 0. The molecule has 1 heterocycles. The Balaban J connectivity index is 2.12. The maximum absolute atomic E-state index is 13.7. The summed E-state index contributed by atoms with van der Waals surface area (Å²) in [6.45, 7) is 4.32. The highest BCUT2D eigenvalue weighted by Crippen LogP contribution is 2.15. The molecule has 0 aliphatic carbocycles. The van der Waals surface area contributed by atoms with Crippen molar-refractivity contribution >= 4 is 5.82 Å². The fourth-order valence-electron chi connectivity index (χ4n) is 1.63. The number of para-hydroxylation sites is 1. The lowest BCUT2D eigenvalue weighted by Gasteiger charge is -2.09. The van der Waals surface area contributed by atoms with E-state index in [0.717, 1.165) is 5.75 Å². The number of aryl methyl sites for hydroxylation is 1. The molecule has 0 saturated carbocycles. The molecule has 0 fully saturated rings. The second-order valence-corrected chi connectivity index (χ2v) is 4.02. The van der Waals surface area contributed by atoms with Gasteiger partial charge in [-0.15, -0.1) is 0 Å². The van der Waals surface area contributed by atoms with Crippen LogP contribution in [0.2, 0.25) is 0 Å². The van der Waals surface area contributed by atoms with Gasteiger partial charge in [-0.25, -0.2) is 14.4 Å². The van der Waals surface area contributed by atoms with Crippen molar-refractivity contribution in [2.75, 3.05) is 11.9 Å². The number of nitrogens with zero attached hydrogens (tertiary/aromatic N) is 2. The number of hydrogen-bond donors (Lipinski definition) is 1. The number of rotatable bonds is 5.